The second-order valence-corrected chi connectivity index (χ2v) is 9.24. The lowest BCUT2D eigenvalue weighted by Crippen LogP contribution is -2.51. The topological polar surface area (TPSA) is 128 Å². The van der Waals surface area contributed by atoms with Gasteiger partial charge in [0.15, 0.2) is 28.6 Å². The third-order valence-electron chi connectivity index (χ3n) is 6.10. The highest BCUT2D eigenvalue weighted by Crippen LogP contribution is 2.36. The van der Waals surface area contributed by atoms with Crippen molar-refractivity contribution in [2.24, 2.45) is 7.05 Å². The number of hydrazine groups is 1. The van der Waals surface area contributed by atoms with Crippen molar-refractivity contribution in [3.63, 3.8) is 0 Å². The number of urea groups is 1. The number of para-hydroxylation sites is 2. The summed E-state index contributed by atoms with van der Waals surface area (Å²) in [4.78, 5) is 37.6. The molecule has 4 amide bonds. The number of amides is 4. The standard InChI is InChI=1S/C21H24N6O5S/c1-26-17(15-11-31-13-7-3-4-8-14(13)32-15)23-24-20(26)33-12-16(28)25-27-18(29)21(22-19(27)30)9-5-2-6-10-21/h3-4,7-8,15H,2,5-6,9-12H2,1H3,(H,22,30)(H,25,28)/t15-/m0/s1. The fraction of sp³-hybridized carbons (Fsp3) is 0.476. The van der Waals surface area contributed by atoms with Gasteiger partial charge in [-0.15, -0.1) is 10.2 Å². The van der Waals surface area contributed by atoms with Crippen LogP contribution < -0.4 is 20.2 Å². The first kappa shape index (κ1) is 21.6. The second kappa shape index (κ2) is 8.58. The summed E-state index contributed by atoms with van der Waals surface area (Å²) in [6.07, 6.45) is 3.55. The van der Waals surface area contributed by atoms with Crippen molar-refractivity contribution in [1.82, 2.24) is 30.5 Å². The second-order valence-electron chi connectivity index (χ2n) is 8.30. The van der Waals surface area contributed by atoms with Crippen LogP contribution >= 0.6 is 11.8 Å². The van der Waals surface area contributed by atoms with Crippen LogP contribution in [-0.2, 0) is 16.6 Å². The Kier molecular flexibility index (Phi) is 5.60. The molecule has 1 aromatic heterocycles. The zero-order valence-corrected chi connectivity index (χ0v) is 18.9. The molecule has 3 heterocycles. The Morgan fingerprint density at radius 3 is 2.76 bits per heavy atom. The summed E-state index contributed by atoms with van der Waals surface area (Å²) in [5, 5.41) is 12.4. The van der Waals surface area contributed by atoms with Crippen molar-refractivity contribution in [1.29, 1.82) is 0 Å². The van der Waals surface area contributed by atoms with Crippen LogP contribution in [0.5, 0.6) is 11.5 Å². The third-order valence-corrected chi connectivity index (χ3v) is 7.12. The Morgan fingerprint density at radius 2 is 1.97 bits per heavy atom. The molecule has 33 heavy (non-hydrogen) atoms. The van der Waals surface area contributed by atoms with Gasteiger partial charge in [-0.1, -0.05) is 43.2 Å². The quantitative estimate of drug-likeness (QED) is 0.497. The molecule has 2 aliphatic heterocycles. The van der Waals surface area contributed by atoms with Crippen LogP contribution in [0.15, 0.2) is 29.4 Å². The first-order chi connectivity index (χ1) is 16.0. The zero-order valence-electron chi connectivity index (χ0n) is 18.1. The smallest absolute Gasteiger partial charge is 0.344 e. The van der Waals surface area contributed by atoms with Gasteiger partial charge in [0.2, 0.25) is 5.91 Å². The number of thioether (sulfide) groups is 1. The predicted octanol–water partition coefficient (Wildman–Crippen LogP) is 1.71. The predicted molar refractivity (Wildman–Crippen MR) is 116 cm³/mol. The number of imide groups is 1. The van der Waals surface area contributed by atoms with Crippen molar-refractivity contribution in [2.45, 2.75) is 48.9 Å². The van der Waals surface area contributed by atoms with Crippen molar-refractivity contribution in [3.8, 4) is 11.5 Å². The molecule has 1 aromatic carbocycles. The maximum Gasteiger partial charge on any atom is 0.344 e. The van der Waals surface area contributed by atoms with Gasteiger partial charge in [-0.25, -0.2) is 4.79 Å². The number of nitrogens with one attached hydrogen (secondary N) is 2. The number of rotatable bonds is 5. The molecule has 11 nitrogen and oxygen atoms in total. The van der Waals surface area contributed by atoms with Gasteiger partial charge >= 0.3 is 6.03 Å². The molecule has 3 aliphatic rings. The van der Waals surface area contributed by atoms with Crippen LogP contribution in [0, 0.1) is 0 Å². The number of hydrogen-bond acceptors (Lipinski definition) is 8. The number of ether oxygens (including phenoxy) is 2. The van der Waals surface area contributed by atoms with Gasteiger partial charge in [-0.3, -0.25) is 15.0 Å². The van der Waals surface area contributed by atoms with E-state index in [1.165, 1.54) is 0 Å². The fourth-order valence-corrected chi connectivity index (χ4v) is 5.09. The van der Waals surface area contributed by atoms with E-state index in [2.05, 4.69) is 20.9 Å². The van der Waals surface area contributed by atoms with Gasteiger partial charge in [0.1, 0.15) is 12.1 Å². The number of aromatic nitrogens is 3. The lowest BCUT2D eigenvalue weighted by molar-refractivity contribution is -0.139. The highest BCUT2D eigenvalue weighted by molar-refractivity contribution is 7.99. The summed E-state index contributed by atoms with van der Waals surface area (Å²) < 4.78 is 13.5. The number of fused-ring (bicyclic) bond motifs is 1. The van der Waals surface area contributed by atoms with E-state index < -0.39 is 23.6 Å². The van der Waals surface area contributed by atoms with E-state index in [-0.39, 0.29) is 11.7 Å². The Labute approximate surface area is 194 Å². The van der Waals surface area contributed by atoms with E-state index in [1.54, 1.807) is 11.6 Å². The molecule has 1 aliphatic carbocycles. The van der Waals surface area contributed by atoms with Crippen molar-refractivity contribution >= 4 is 29.6 Å². The van der Waals surface area contributed by atoms with E-state index >= 15 is 0 Å². The van der Waals surface area contributed by atoms with Gasteiger partial charge in [0.05, 0.1) is 5.75 Å². The average Bonchev–Trinajstić information content (AvgIpc) is 3.30. The Hall–Kier alpha value is -3.28. The summed E-state index contributed by atoms with van der Waals surface area (Å²) >= 11 is 1.15. The summed E-state index contributed by atoms with van der Waals surface area (Å²) in [6.45, 7) is 0.294. The largest absolute Gasteiger partial charge is 0.485 e. The number of carbonyl (C=O) groups is 3. The number of carbonyl (C=O) groups excluding carboxylic acids is 3. The van der Waals surface area contributed by atoms with Crippen LogP contribution in [0.25, 0.3) is 0 Å². The SMILES string of the molecule is Cn1c(SCC(=O)NN2C(=O)NC3(CCCCC3)C2=O)nnc1[C@@H]1COc2ccccc2O1. The Bertz CT molecular complexity index is 1100. The van der Waals surface area contributed by atoms with E-state index in [0.717, 1.165) is 36.0 Å². The summed E-state index contributed by atoms with van der Waals surface area (Å²) in [7, 11) is 1.78. The molecule has 0 radical (unpaired) electrons. The Balaban J connectivity index is 1.19. The van der Waals surface area contributed by atoms with Gasteiger partial charge in [-0.2, -0.15) is 5.01 Å². The molecule has 2 fully saturated rings. The minimum atomic E-state index is -0.880. The minimum Gasteiger partial charge on any atom is -0.485 e. The van der Waals surface area contributed by atoms with E-state index in [9.17, 15) is 14.4 Å². The molecule has 0 bridgehead atoms. The average molecular weight is 473 g/mol. The molecular weight excluding hydrogens is 448 g/mol. The molecule has 174 valence electrons. The number of nitrogens with zero attached hydrogens (tertiary/aromatic N) is 4. The number of benzene rings is 1. The van der Waals surface area contributed by atoms with Crippen LogP contribution in [0.1, 0.15) is 44.0 Å². The van der Waals surface area contributed by atoms with Crippen molar-refractivity contribution < 1.29 is 23.9 Å². The zero-order chi connectivity index (χ0) is 23.0. The molecule has 12 heteroatoms. The molecule has 0 unspecified atom stereocenters. The van der Waals surface area contributed by atoms with Crippen LogP contribution in [0.2, 0.25) is 0 Å². The normalized spacial score (nSPS) is 21.2. The third kappa shape index (κ3) is 3.99. The van der Waals surface area contributed by atoms with Gasteiger partial charge < -0.3 is 19.4 Å². The van der Waals surface area contributed by atoms with E-state index in [4.69, 9.17) is 9.47 Å². The monoisotopic (exact) mass is 472 g/mol. The molecule has 1 saturated carbocycles. The van der Waals surface area contributed by atoms with Crippen molar-refractivity contribution in [2.75, 3.05) is 12.4 Å². The molecule has 2 N–H and O–H groups in total. The van der Waals surface area contributed by atoms with Crippen LogP contribution in [0.3, 0.4) is 0 Å². The fourth-order valence-electron chi connectivity index (χ4n) is 4.38. The summed E-state index contributed by atoms with van der Waals surface area (Å²) in [5.41, 5.74) is 1.55. The first-order valence-corrected chi connectivity index (χ1v) is 11.8. The van der Waals surface area contributed by atoms with Gasteiger partial charge in [-0.05, 0) is 25.0 Å². The van der Waals surface area contributed by atoms with Crippen molar-refractivity contribution in [3.05, 3.63) is 30.1 Å². The summed E-state index contributed by atoms with van der Waals surface area (Å²) in [6, 6.07) is 6.81. The van der Waals surface area contributed by atoms with E-state index in [0.29, 0.717) is 41.9 Å². The maximum absolute atomic E-state index is 12.8. The molecule has 1 atom stereocenters. The molecular formula is C21H24N6O5S. The maximum atomic E-state index is 12.8. The lowest BCUT2D eigenvalue weighted by Gasteiger charge is -2.30. The molecule has 2 aromatic rings. The van der Waals surface area contributed by atoms with Gasteiger partial charge in [0, 0.05) is 7.05 Å². The summed E-state index contributed by atoms with van der Waals surface area (Å²) in [5.74, 6) is 0.974. The van der Waals surface area contributed by atoms with E-state index in [1.807, 2.05) is 24.3 Å². The van der Waals surface area contributed by atoms with Crippen LogP contribution in [-0.4, -0.2) is 55.5 Å². The first-order valence-electron chi connectivity index (χ1n) is 10.8. The molecule has 1 spiro atoms. The Morgan fingerprint density at radius 1 is 1.21 bits per heavy atom. The molecule has 5 rings (SSSR count). The minimum absolute atomic E-state index is 0.0408. The van der Waals surface area contributed by atoms with Gasteiger partial charge in [0.25, 0.3) is 5.91 Å². The van der Waals surface area contributed by atoms with Crippen LogP contribution in [0.4, 0.5) is 4.79 Å². The highest BCUT2D eigenvalue weighted by atomic mass is 32.2. The number of hydrogen-bond donors (Lipinski definition) is 2. The molecule has 1 saturated heterocycles. The lowest BCUT2D eigenvalue weighted by atomic mass is 9.82. The highest BCUT2D eigenvalue weighted by Gasteiger charge is 2.52.